The fourth-order valence-electron chi connectivity index (χ4n) is 4.23. The summed E-state index contributed by atoms with van der Waals surface area (Å²) in [6, 6.07) is 10.1. The molecule has 1 aromatic carbocycles. The molecule has 0 aliphatic carbocycles. The molecule has 4 aromatic rings. The van der Waals surface area contributed by atoms with E-state index in [1.54, 1.807) is 10.7 Å². The lowest BCUT2D eigenvalue weighted by atomic mass is 10.1. The minimum atomic E-state index is 0.314. The minimum absolute atomic E-state index is 0.314. The largest absolute Gasteiger partial charge is 0.353 e. The zero-order chi connectivity index (χ0) is 23.3. The van der Waals surface area contributed by atoms with Crippen molar-refractivity contribution in [1.82, 2.24) is 39.6 Å². The van der Waals surface area contributed by atoms with Crippen LogP contribution < -0.4 is 16.0 Å². The SMILES string of the molecule is CC(C)c1cnn2c(NCc3ccccc3-n3cccn3)nc(NCCN3CCNCC3)nc12. The fourth-order valence-corrected chi connectivity index (χ4v) is 4.23. The molecule has 1 aliphatic rings. The van der Waals surface area contributed by atoms with Crippen molar-refractivity contribution >= 4 is 17.5 Å². The van der Waals surface area contributed by atoms with Gasteiger partial charge >= 0.3 is 0 Å². The van der Waals surface area contributed by atoms with E-state index in [-0.39, 0.29) is 0 Å². The summed E-state index contributed by atoms with van der Waals surface area (Å²) in [5.74, 6) is 1.60. The number of benzene rings is 1. The molecule has 178 valence electrons. The van der Waals surface area contributed by atoms with Crippen LogP contribution in [-0.4, -0.2) is 73.5 Å². The molecule has 0 amide bonds. The summed E-state index contributed by atoms with van der Waals surface area (Å²) in [7, 11) is 0. The molecule has 1 saturated heterocycles. The van der Waals surface area contributed by atoms with Gasteiger partial charge in [-0.1, -0.05) is 32.0 Å². The average Bonchev–Trinajstić information content (AvgIpc) is 3.54. The third-order valence-corrected chi connectivity index (χ3v) is 6.12. The van der Waals surface area contributed by atoms with Gasteiger partial charge in [0.05, 0.1) is 11.9 Å². The number of hydrogen-bond acceptors (Lipinski definition) is 8. The highest BCUT2D eigenvalue weighted by molar-refractivity contribution is 5.56. The van der Waals surface area contributed by atoms with E-state index < -0.39 is 0 Å². The second kappa shape index (κ2) is 10.2. The molecule has 0 unspecified atom stereocenters. The number of fused-ring (bicyclic) bond motifs is 1. The summed E-state index contributed by atoms with van der Waals surface area (Å²) in [5, 5.41) is 19.3. The maximum atomic E-state index is 4.81. The lowest BCUT2D eigenvalue weighted by Crippen LogP contribution is -2.45. The van der Waals surface area contributed by atoms with Crippen LogP contribution in [0.3, 0.4) is 0 Å². The Balaban J connectivity index is 1.38. The van der Waals surface area contributed by atoms with Crippen molar-refractivity contribution in [2.24, 2.45) is 0 Å². The molecule has 3 aromatic heterocycles. The molecule has 10 heteroatoms. The number of nitrogens with zero attached hydrogens (tertiary/aromatic N) is 7. The van der Waals surface area contributed by atoms with E-state index in [2.05, 4.69) is 57.0 Å². The van der Waals surface area contributed by atoms with Gasteiger partial charge in [0, 0.05) is 63.8 Å². The van der Waals surface area contributed by atoms with Gasteiger partial charge in [-0.2, -0.15) is 24.7 Å². The van der Waals surface area contributed by atoms with Gasteiger partial charge in [-0.15, -0.1) is 0 Å². The van der Waals surface area contributed by atoms with E-state index in [1.807, 2.05) is 35.3 Å². The predicted octanol–water partition coefficient (Wildman–Crippen LogP) is 2.36. The van der Waals surface area contributed by atoms with E-state index in [4.69, 9.17) is 9.97 Å². The van der Waals surface area contributed by atoms with Crippen molar-refractivity contribution in [1.29, 1.82) is 0 Å². The quantitative estimate of drug-likeness (QED) is 0.350. The summed E-state index contributed by atoms with van der Waals surface area (Å²) < 4.78 is 3.67. The van der Waals surface area contributed by atoms with Crippen molar-refractivity contribution < 1.29 is 0 Å². The van der Waals surface area contributed by atoms with Gasteiger partial charge in [-0.3, -0.25) is 4.90 Å². The number of anilines is 2. The van der Waals surface area contributed by atoms with Crippen LogP contribution in [0.2, 0.25) is 0 Å². The lowest BCUT2D eigenvalue weighted by molar-refractivity contribution is 0.249. The molecule has 0 atom stereocenters. The molecule has 1 fully saturated rings. The zero-order valence-electron chi connectivity index (χ0n) is 19.8. The number of piperazine rings is 1. The molecule has 34 heavy (non-hydrogen) atoms. The van der Waals surface area contributed by atoms with Crippen molar-refractivity contribution in [2.75, 3.05) is 49.9 Å². The van der Waals surface area contributed by atoms with Crippen LogP contribution in [0.1, 0.15) is 30.9 Å². The van der Waals surface area contributed by atoms with Crippen LogP contribution in [0.5, 0.6) is 0 Å². The highest BCUT2D eigenvalue weighted by Crippen LogP contribution is 2.23. The molecule has 1 aliphatic heterocycles. The van der Waals surface area contributed by atoms with Crippen molar-refractivity contribution in [3.05, 3.63) is 60.0 Å². The molecule has 3 N–H and O–H groups in total. The molecule has 0 spiro atoms. The van der Waals surface area contributed by atoms with E-state index in [0.29, 0.717) is 24.4 Å². The standard InChI is InChI=1S/C24H32N10/c1-18(2)20-17-29-34-22(20)30-23(26-11-15-32-13-9-25-10-14-32)31-24(34)27-16-19-6-3-4-7-21(19)33-12-5-8-28-33/h3-8,12,17-18,25H,9-11,13-16H2,1-2H3,(H2,26,27,30,31). The Labute approximate surface area is 199 Å². The van der Waals surface area contributed by atoms with Gasteiger partial charge in [0.2, 0.25) is 11.9 Å². The average molecular weight is 461 g/mol. The monoisotopic (exact) mass is 460 g/mol. The summed E-state index contributed by atoms with van der Waals surface area (Å²) in [5.41, 5.74) is 4.08. The Hall–Kier alpha value is -3.50. The second-order valence-electron chi connectivity index (χ2n) is 8.81. The topological polar surface area (TPSA) is 100 Å². The molecule has 10 nitrogen and oxygen atoms in total. The van der Waals surface area contributed by atoms with Crippen LogP contribution in [0, 0.1) is 0 Å². The Bertz CT molecular complexity index is 1210. The normalized spacial score (nSPS) is 14.7. The first-order valence-electron chi connectivity index (χ1n) is 11.9. The molecular formula is C24H32N10. The predicted molar refractivity (Wildman–Crippen MR) is 134 cm³/mol. The maximum absolute atomic E-state index is 4.81. The van der Waals surface area contributed by atoms with Crippen LogP contribution in [0.25, 0.3) is 11.3 Å². The van der Waals surface area contributed by atoms with E-state index in [9.17, 15) is 0 Å². The maximum Gasteiger partial charge on any atom is 0.229 e. The van der Waals surface area contributed by atoms with E-state index in [1.165, 1.54) is 0 Å². The number of rotatable bonds is 9. The number of hydrogen-bond donors (Lipinski definition) is 3. The molecule has 0 bridgehead atoms. The number of aromatic nitrogens is 6. The highest BCUT2D eigenvalue weighted by Gasteiger charge is 2.16. The summed E-state index contributed by atoms with van der Waals surface area (Å²) in [4.78, 5) is 12.0. The van der Waals surface area contributed by atoms with Gasteiger partial charge in [-0.25, -0.2) is 4.68 Å². The van der Waals surface area contributed by atoms with Gasteiger partial charge in [-0.05, 0) is 23.6 Å². The lowest BCUT2D eigenvalue weighted by Gasteiger charge is -2.27. The van der Waals surface area contributed by atoms with Crippen molar-refractivity contribution in [3.63, 3.8) is 0 Å². The minimum Gasteiger partial charge on any atom is -0.353 e. The summed E-state index contributed by atoms with van der Waals surface area (Å²) in [6.45, 7) is 10.9. The summed E-state index contributed by atoms with van der Waals surface area (Å²) in [6.07, 6.45) is 5.63. The third kappa shape index (κ3) is 4.87. The van der Waals surface area contributed by atoms with Gasteiger partial charge in [0.15, 0.2) is 5.65 Å². The molecule has 0 radical (unpaired) electrons. The smallest absolute Gasteiger partial charge is 0.229 e. The first-order valence-corrected chi connectivity index (χ1v) is 11.9. The Kier molecular flexibility index (Phi) is 6.68. The summed E-state index contributed by atoms with van der Waals surface area (Å²) >= 11 is 0. The van der Waals surface area contributed by atoms with Gasteiger partial charge in [0.1, 0.15) is 0 Å². The van der Waals surface area contributed by atoms with Crippen LogP contribution in [-0.2, 0) is 6.54 Å². The molecule has 4 heterocycles. The Morgan fingerprint density at radius 3 is 2.68 bits per heavy atom. The second-order valence-corrected chi connectivity index (χ2v) is 8.81. The van der Waals surface area contributed by atoms with Gasteiger partial charge in [0.25, 0.3) is 0 Å². The van der Waals surface area contributed by atoms with Gasteiger partial charge < -0.3 is 16.0 Å². The van der Waals surface area contributed by atoms with Crippen molar-refractivity contribution in [3.8, 4) is 5.69 Å². The van der Waals surface area contributed by atoms with E-state index >= 15 is 0 Å². The highest BCUT2D eigenvalue weighted by atomic mass is 15.4. The molecule has 0 saturated carbocycles. The fraction of sp³-hybridized carbons (Fsp3) is 0.417. The Morgan fingerprint density at radius 1 is 1.03 bits per heavy atom. The van der Waals surface area contributed by atoms with Crippen molar-refractivity contribution in [2.45, 2.75) is 26.3 Å². The van der Waals surface area contributed by atoms with Crippen LogP contribution >= 0.6 is 0 Å². The zero-order valence-corrected chi connectivity index (χ0v) is 19.8. The Morgan fingerprint density at radius 2 is 1.88 bits per heavy atom. The first-order chi connectivity index (χ1) is 16.7. The van der Waals surface area contributed by atoms with E-state index in [0.717, 1.165) is 61.7 Å². The third-order valence-electron chi connectivity index (χ3n) is 6.12. The first kappa shape index (κ1) is 22.3. The molecular weight excluding hydrogens is 428 g/mol. The number of para-hydroxylation sites is 1. The number of nitrogens with one attached hydrogen (secondary N) is 3. The molecule has 5 rings (SSSR count). The van der Waals surface area contributed by atoms with Crippen LogP contribution in [0.4, 0.5) is 11.9 Å². The van der Waals surface area contributed by atoms with Crippen LogP contribution in [0.15, 0.2) is 48.9 Å².